The summed E-state index contributed by atoms with van der Waals surface area (Å²) in [4.78, 5) is 2.29. The van der Waals surface area contributed by atoms with Gasteiger partial charge in [-0.3, -0.25) is 4.90 Å². The quantitative estimate of drug-likeness (QED) is 0.900. The lowest BCUT2D eigenvalue weighted by atomic mass is 10.2. The van der Waals surface area contributed by atoms with Crippen molar-refractivity contribution in [2.75, 3.05) is 38.6 Å². The Kier molecular flexibility index (Phi) is 4.75. The van der Waals surface area contributed by atoms with Crippen molar-refractivity contribution >= 4 is 5.69 Å². The molecule has 1 aliphatic rings. The van der Waals surface area contributed by atoms with Crippen LogP contribution in [0.1, 0.15) is 18.4 Å². The Balaban J connectivity index is 1.96. The predicted molar refractivity (Wildman–Crippen MR) is 72.2 cm³/mol. The minimum atomic E-state index is -4.33. The SMILES string of the molecule is CNc1cc(C(F)(F)F)ccc1OCCN1CCCC1. The molecule has 1 fully saturated rings. The summed E-state index contributed by atoms with van der Waals surface area (Å²) in [7, 11) is 1.59. The largest absolute Gasteiger partial charge is 0.490 e. The van der Waals surface area contributed by atoms with Gasteiger partial charge in [0.2, 0.25) is 0 Å². The summed E-state index contributed by atoms with van der Waals surface area (Å²) in [5, 5.41) is 2.75. The molecule has 1 saturated heterocycles. The van der Waals surface area contributed by atoms with E-state index >= 15 is 0 Å². The number of ether oxygens (including phenoxy) is 1. The summed E-state index contributed by atoms with van der Waals surface area (Å²) in [6, 6.07) is 3.50. The summed E-state index contributed by atoms with van der Waals surface area (Å²) in [6.07, 6.45) is -1.91. The zero-order valence-electron chi connectivity index (χ0n) is 11.5. The van der Waals surface area contributed by atoms with E-state index < -0.39 is 11.7 Å². The van der Waals surface area contributed by atoms with Gasteiger partial charge < -0.3 is 10.1 Å². The highest BCUT2D eigenvalue weighted by molar-refractivity contribution is 5.58. The molecule has 1 aromatic rings. The van der Waals surface area contributed by atoms with E-state index in [9.17, 15) is 13.2 Å². The van der Waals surface area contributed by atoms with Crippen molar-refractivity contribution in [2.45, 2.75) is 19.0 Å². The average Bonchev–Trinajstić information content (AvgIpc) is 2.91. The number of halogens is 3. The molecule has 0 saturated carbocycles. The van der Waals surface area contributed by atoms with Gasteiger partial charge in [-0.05, 0) is 44.1 Å². The predicted octanol–water partition coefficient (Wildman–Crippen LogP) is 3.22. The van der Waals surface area contributed by atoms with Crippen LogP contribution in [0, 0.1) is 0 Å². The molecule has 0 atom stereocenters. The second-order valence-electron chi connectivity index (χ2n) is 4.86. The molecule has 0 spiro atoms. The molecule has 0 bridgehead atoms. The number of hydrogen-bond donors (Lipinski definition) is 1. The number of nitrogens with zero attached hydrogens (tertiary/aromatic N) is 1. The highest BCUT2D eigenvalue weighted by atomic mass is 19.4. The van der Waals surface area contributed by atoms with E-state index in [4.69, 9.17) is 4.74 Å². The Morgan fingerprint density at radius 1 is 1.25 bits per heavy atom. The highest BCUT2D eigenvalue weighted by Gasteiger charge is 2.31. The van der Waals surface area contributed by atoms with Gasteiger partial charge in [0, 0.05) is 13.6 Å². The fraction of sp³-hybridized carbons (Fsp3) is 0.571. The molecule has 2 rings (SSSR count). The molecule has 1 heterocycles. The number of likely N-dealkylation sites (tertiary alicyclic amines) is 1. The zero-order valence-corrected chi connectivity index (χ0v) is 11.5. The van der Waals surface area contributed by atoms with Crippen LogP contribution < -0.4 is 10.1 Å². The third-order valence-electron chi connectivity index (χ3n) is 3.44. The summed E-state index contributed by atoms with van der Waals surface area (Å²) in [6.45, 7) is 3.45. The molecule has 1 N–H and O–H groups in total. The molecule has 6 heteroatoms. The first kappa shape index (κ1) is 15.0. The lowest BCUT2D eigenvalue weighted by molar-refractivity contribution is -0.137. The van der Waals surface area contributed by atoms with Gasteiger partial charge in [0.25, 0.3) is 0 Å². The van der Waals surface area contributed by atoms with Gasteiger partial charge in [0.1, 0.15) is 12.4 Å². The summed E-state index contributed by atoms with van der Waals surface area (Å²) < 4.78 is 43.4. The minimum Gasteiger partial charge on any atom is -0.490 e. The molecular formula is C14H19F3N2O. The maximum Gasteiger partial charge on any atom is 0.416 e. The first-order valence-corrected chi connectivity index (χ1v) is 6.75. The van der Waals surface area contributed by atoms with Gasteiger partial charge in [-0.1, -0.05) is 0 Å². The Bertz CT molecular complexity index is 443. The van der Waals surface area contributed by atoms with E-state index in [2.05, 4.69) is 10.2 Å². The first-order chi connectivity index (χ1) is 9.50. The molecule has 0 radical (unpaired) electrons. The molecule has 0 unspecified atom stereocenters. The zero-order chi connectivity index (χ0) is 14.6. The number of benzene rings is 1. The van der Waals surface area contributed by atoms with Crippen molar-refractivity contribution in [1.82, 2.24) is 4.90 Å². The van der Waals surface area contributed by atoms with Crippen molar-refractivity contribution in [3.63, 3.8) is 0 Å². The fourth-order valence-corrected chi connectivity index (χ4v) is 2.32. The molecule has 1 aliphatic heterocycles. The fourth-order valence-electron chi connectivity index (χ4n) is 2.32. The summed E-state index contributed by atoms with van der Waals surface area (Å²) in [5.74, 6) is 0.458. The van der Waals surface area contributed by atoms with Crippen LogP contribution in [0.4, 0.5) is 18.9 Å². The van der Waals surface area contributed by atoms with Crippen molar-refractivity contribution in [3.05, 3.63) is 23.8 Å². The van der Waals surface area contributed by atoms with E-state index in [1.807, 2.05) is 0 Å². The van der Waals surface area contributed by atoms with E-state index in [-0.39, 0.29) is 0 Å². The van der Waals surface area contributed by atoms with Gasteiger partial charge in [-0.15, -0.1) is 0 Å². The van der Waals surface area contributed by atoms with Crippen molar-refractivity contribution in [1.29, 1.82) is 0 Å². The van der Waals surface area contributed by atoms with Gasteiger partial charge in [-0.2, -0.15) is 13.2 Å². The van der Waals surface area contributed by atoms with Crippen LogP contribution in [0.25, 0.3) is 0 Å². The minimum absolute atomic E-state index is 0.362. The maximum atomic E-state index is 12.6. The Labute approximate surface area is 116 Å². The normalized spacial score (nSPS) is 16.4. The molecule has 3 nitrogen and oxygen atoms in total. The lowest BCUT2D eigenvalue weighted by Crippen LogP contribution is -2.25. The molecule has 0 aliphatic carbocycles. The summed E-state index contributed by atoms with van der Waals surface area (Å²) in [5.41, 5.74) is -0.310. The van der Waals surface area contributed by atoms with Gasteiger partial charge in [0.15, 0.2) is 0 Å². The van der Waals surface area contributed by atoms with E-state index in [1.165, 1.54) is 18.9 Å². The van der Waals surface area contributed by atoms with Crippen LogP contribution in [0.2, 0.25) is 0 Å². The molecular weight excluding hydrogens is 269 g/mol. The monoisotopic (exact) mass is 288 g/mol. The second kappa shape index (κ2) is 6.35. The van der Waals surface area contributed by atoms with Crippen molar-refractivity contribution in [2.24, 2.45) is 0 Å². The van der Waals surface area contributed by atoms with Gasteiger partial charge >= 0.3 is 6.18 Å². The number of nitrogens with one attached hydrogen (secondary N) is 1. The maximum absolute atomic E-state index is 12.6. The van der Waals surface area contributed by atoms with Gasteiger partial charge in [-0.25, -0.2) is 0 Å². The number of anilines is 1. The topological polar surface area (TPSA) is 24.5 Å². The highest BCUT2D eigenvalue weighted by Crippen LogP contribution is 2.34. The Hall–Kier alpha value is -1.43. The third-order valence-corrected chi connectivity index (χ3v) is 3.44. The van der Waals surface area contributed by atoms with Crippen LogP contribution >= 0.6 is 0 Å². The number of hydrogen-bond acceptors (Lipinski definition) is 3. The average molecular weight is 288 g/mol. The lowest BCUT2D eigenvalue weighted by Gasteiger charge is -2.17. The van der Waals surface area contributed by atoms with E-state index in [1.54, 1.807) is 7.05 Å². The van der Waals surface area contributed by atoms with Crippen molar-refractivity contribution in [3.8, 4) is 5.75 Å². The van der Waals surface area contributed by atoms with Crippen LogP contribution in [0.5, 0.6) is 5.75 Å². The van der Waals surface area contributed by atoms with Crippen LogP contribution in [-0.2, 0) is 6.18 Å². The van der Waals surface area contributed by atoms with Gasteiger partial charge in [0.05, 0.1) is 11.3 Å². The first-order valence-electron chi connectivity index (χ1n) is 6.75. The molecule has 0 aromatic heterocycles. The van der Waals surface area contributed by atoms with Crippen molar-refractivity contribution < 1.29 is 17.9 Å². The smallest absolute Gasteiger partial charge is 0.416 e. The second-order valence-corrected chi connectivity index (χ2v) is 4.86. The molecule has 0 amide bonds. The van der Waals surface area contributed by atoms with Crippen LogP contribution in [0.3, 0.4) is 0 Å². The molecule has 112 valence electrons. The number of rotatable bonds is 5. The summed E-state index contributed by atoms with van der Waals surface area (Å²) >= 11 is 0. The van der Waals surface area contributed by atoms with E-state index in [0.29, 0.717) is 18.0 Å². The number of alkyl halides is 3. The molecule has 1 aromatic carbocycles. The van der Waals surface area contributed by atoms with Crippen LogP contribution in [-0.4, -0.2) is 38.2 Å². The Morgan fingerprint density at radius 2 is 1.95 bits per heavy atom. The van der Waals surface area contributed by atoms with Crippen LogP contribution in [0.15, 0.2) is 18.2 Å². The standard InChI is InChI=1S/C14H19F3N2O/c1-18-12-10-11(14(15,16)17)4-5-13(12)20-9-8-19-6-2-3-7-19/h4-5,10,18H,2-3,6-9H2,1H3. The Morgan fingerprint density at radius 3 is 2.55 bits per heavy atom. The third kappa shape index (κ3) is 3.79. The molecule has 20 heavy (non-hydrogen) atoms. The van der Waals surface area contributed by atoms with E-state index in [0.717, 1.165) is 31.8 Å².